The number of carbonyl (C=O) groups excluding carboxylic acids is 1. The Balaban J connectivity index is 2.20. The molecule has 1 aromatic heterocycles. The molecule has 0 radical (unpaired) electrons. The average Bonchev–Trinajstić information content (AvgIpc) is 2.32. The molecule has 4 heteroatoms. The summed E-state index contributed by atoms with van der Waals surface area (Å²) in [7, 11) is 0. The number of pyridine rings is 1. The number of nitrogen functional groups attached to an aromatic ring is 1. The van der Waals surface area contributed by atoms with Crippen LogP contribution in [0.25, 0.3) is 0 Å². The molecule has 0 unspecified atom stereocenters. The van der Waals surface area contributed by atoms with Gasteiger partial charge in [0.1, 0.15) is 0 Å². The molecule has 86 valence electrons. The Hall–Kier alpha value is -2.36. The lowest BCUT2D eigenvalue weighted by molar-refractivity contribution is 0.102. The Morgan fingerprint density at radius 2 is 2.18 bits per heavy atom. The smallest absolute Gasteiger partial charge is 0.255 e. The number of anilines is 2. The van der Waals surface area contributed by atoms with E-state index in [0.717, 1.165) is 5.56 Å². The Kier molecular flexibility index (Phi) is 3.05. The van der Waals surface area contributed by atoms with Gasteiger partial charge >= 0.3 is 0 Å². The number of nitrogens with two attached hydrogens (primary N) is 1. The minimum Gasteiger partial charge on any atom is -0.399 e. The molecule has 0 fully saturated rings. The number of hydrogen-bond acceptors (Lipinski definition) is 3. The van der Waals surface area contributed by atoms with Gasteiger partial charge in [0.25, 0.3) is 5.91 Å². The SMILES string of the molecule is Cc1ccncc1NC(=O)c1cccc(N)c1. The molecule has 0 aliphatic rings. The van der Waals surface area contributed by atoms with Crippen LogP contribution in [-0.4, -0.2) is 10.9 Å². The van der Waals surface area contributed by atoms with Gasteiger partial charge in [-0.15, -0.1) is 0 Å². The van der Waals surface area contributed by atoms with Crippen molar-refractivity contribution in [1.29, 1.82) is 0 Å². The van der Waals surface area contributed by atoms with Crippen molar-refractivity contribution in [3.63, 3.8) is 0 Å². The summed E-state index contributed by atoms with van der Waals surface area (Å²) in [5.41, 5.74) is 8.41. The van der Waals surface area contributed by atoms with Crippen LogP contribution in [0.5, 0.6) is 0 Å². The minimum atomic E-state index is -0.187. The molecule has 4 nitrogen and oxygen atoms in total. The predicted molar refractivity (Wildman–Crippen MR) is 67.8 cm³/mol. The van der Waals surface area contributed by atoms with E-state index >= 15 is 0 Å². The first-order valence-corrected chi connectivity index (χ1v) is 5.24. The summed E-state index contributed by atoms with van der Waals surface area (Å²) < 4.78 is 0. The Morgan fingerprint density at radius 3 is 2.88 bits per heavy atom. The lowest BCUT2D eigenvalue weighted by atomic mass is 10.2. The molecule has 0 atom stereocenters. The second-order valence-corrected chi connectivity index (χ2v) is 3.77. The first kappa shape index (κ1) is 11.1. The maximum absolute atomic E-state index is 11.9. The van der Waals surface area contributed by atoms with Crippen molar-refractivity contribution in [1.82, 2.24) is 4.98 Å². The van der Waals surface area contributed by atoms with E-state index in [2.05, 4.69) is 10.3 Å². The van der Waals surface area contributed by atoms with E-state index in [1.165, 1.54) is 0 Å². The first-order chi connectivity index (χ1) is 8.16. The number of amides is 1. The average molecular weight is 227 g/mol. The van der Waals surface area contributed by atoms with Gasteiger partial charge in [-0.3, -0.25) is 9.78 Å². The topological polar surface area (TPSA) is 68.0 Å². The lowest BCUT2D eigenvalue weighted by Crippen LogP contribution is -2.13. The van der Waals surface area contributed by atoms with Crippen LogP contribution < -0.4 is 11.1 Å². The van der Waals surface area contributed by atoms with E-state index in [9.17, 15) is 4.79 Å². The van der Waals surface area contributed by atoms with Crippen LogP contribution >= 0.6 is 0 Å². The highest BCUT2D eigenvalue weighted by Gasteiger charge is 2.07. The molecule has 0 spiro atoms. The number of nitrogens with zero attached hydrogens (tertiary/aromatic N) is 1. The van der Waals surface area contributed by atoms with Gasteiger partial charge in [0, 0.05) is 17.4 Å². The van der Waals surface area contributed by atoms with Crippen LogP contribution in [-0.2, 0) is 0 Å². The summed E-state index contributed by atoms with van der Waals surface area (Å²) in [4.78, 5) is 15.9. The number of hydrogen-bond donors (Lipinski definition) is 2. The van der Waals surface area contributed by atoms with Crippen LogP contribution in [0.2, 0.25) is 0 Å². The maximum atomic E-state index is 11.9. The van der Waals surface area contributed by atoms with Crippen LogP contribution in [0.1, 0.15) is 15.9 Å². The largest absolute Gasteiger partial charge is 0.399 e. The highest BCUT2D eigenvalue weighted by molar-refractivity contribution is 6.05. The molecule has 1 aromatic carbocycles. The van der Waals surface area contributed by atoms with E-state index in [4.69, 9.17) is 5.73 Å². The summed E-state index contributed by atoms with van der Waals surface area (Å²) in [6.07, 6.45) is 3.31. The molecule has 0 aliphatic carbocycles. The molecular weight excluding hydrogens is 214 g/mol. The fourth-order valence-electron chi connectivity index (χ4n) is 1.47. The second kappa shape index (κ2) is 4.65. The molecule has 0 aliphatic heterocycles. The number of rotatable bonds is 2. The standard InChI is InChI=1S/C13H13N3O/c1-9-5-6-15-8-12(9)16-13(17)10-3-2-4-11(14)7-10/h2-8H,14H2,1H3,(H,16,17). The van der Waals surface area contributed by atoms with Gasteiger partial charge in [-0.2, -0.15) is 0 Å². The highest BCUT2D eigenvalue weighted by atomic mass is 16.1. The van der Waals surface area contributed by atoms with E-state index in [-0.39, 0.29) is 5.91 Å². The Bertz CT molecular complexity index is 552. The highest BCUT2D eigenvalue weighted by Crippen LogP contribution is 2.14. The minimum absolute atomic E-state index is 0.187. The number of nitrogens with one attached hydrogen (secondary N) is 1. The molecule has 17 heavy (non-hydrogen) atoms. The van der Waals surface area contributed by atoms with Crippen molar-refractivity contribution in [2.45, 2.75) is 6.92 Å². The predicted octanol–water partition coefficient (Wildman–Crippen LogP) is 2.22. The second-order valence-electron chi connectivity index (χ2n) is 3.77. The summed E-state index contributed by atoms with van der Waals surface area (Å²) in [6.45, 7) is 1.91. The Labute approximate surface area is 99.5 Å². The van der Waals surface area contributed by atoms with Crippen molar-refractivity contribution in [2.24, 2.45) is 0 Å². The lowest BCUT2D eigenvalue weighted by Gasteiger charge is -2.07. The van der Waals surface area contributed by atoms with E-state index in [1.54, 1.807) is 36.7 Å². The van der Waals surface area contributed by atoms with Crippen molar-refractivity contribution >= 4 is 17.3 Å². The molecule has 2 aromatic rings. The first-order valence-electron chi connectivity index (χ1n) is 5.24. The van der Waals surface area contributed by atoms with Crippen molar-refractivity contribution in [3.8, 4) is 0 Å². The molecule has 0 bridgehead atoms. The number of carbonyl (C=O) groups is 1. The van der Waals surface area contributed by atoms with Gasteiger partial charge in [-0.1, -0.05) is 6.07 Å². The van der Waals surface area contributed by atoms with Gasteiger partial charge in [-0.05, 0) is 36.8 Å². The monoisotopic (exact) mass is 227 g/mol. The molecule has 2 rings (SSSR count). The summed E-state index contributed by atoms with van der Waals surface area (Å²) in [5.74, 6) is -0.187. The zero-order valence-electron chi connectivity index (χ0n) is 9.47. The van der Waals surface area contributed by atoms with Gasteiger partial charge in [-0.25, -0.2) is 0 Å². The van der Waals surface area contributed by atoms with E-state index in [0.29, 0.717) is 16.9 Å². The maximum Gasteiger partial charge on any atom is 0.255 e. The number of benzene rings is 1. The number of aromatic nitrogens is 1. The molecule has 0 saturated carbocycles. The molecule has 1 amide bonds. The zero-order valence-corrected chi connectivity index (χ0v) is 9.47. The quantitative estimate of drug-likeness (QED) is 0.773. The Morgan fingerprint density at radius 1 is 1.35 bits per heavy atom. The van der Waals surface area contributed by atoms with E-state index in [1.807, 2.05) is 13.0 Å². The molecule has 0 saturated heterocycles. The van der Waals surface area contributed by atoms with Crippen LogP contribution in [0.15, 0.2) is 42.7 Å². The van der Waals surface area contributed by atoms with Crippen molar-refractivity contribution in [3.05, 3.63) is 53.9 Å². The van der Waals surface area contributed by atoms with Gasteiger partial charge < -0.3 is 11.1 Å². The van der Waals surface area contributed by atoms with Crippen molar-refractivity contribution in [2.75, 3.05) is 11.1 Å². The molecular formula is C13H13N3O. The van der Waals surface area contributed by atoms with Crippen molar-refractivity contribution < 1.29 is 4.79 Å². The van der Waals surface area contributed by atoms with Crippen LogP contribution in [0.4, 0.5) is 11.4 Å². The third-order valence-electron chi connectivity index (χ3n) is 2.44. The van der Waals surface area contributed by atoms with Gasteiger partial charge in [0.2, 0.25) is 0 Å². The number of aryl methyl sites for hydroxylation is 1. The molecule has 1 heterocycles. The van der Waals surface area contributed by atoms with E-state index < -0.39 is 0 Å². The van der Waals surface area contributed by atoms with Gasteiger partial charge in [0.15, 0.2) is 0 Å². The van der Waals surface area contributed by atoms with Gasteiger partial charge in [0.05, 0.1) is 11.9 Å². The van der Waals surface area contributed by atoms with Crippen LogP contribution in [0, 0.1) is 6.92 Å². The normalized spacial score (nSPS) is 9.94. The third-order valence-corrected chi connectivity index (χ3v) is 2.44. The fraction of sp³-hybridized carbons (Fsp3) is 0.0769. The molecule has 3 N–H and O–H groups in total. The summed E-state index contributed by atoms with van der Waals surface area (Å²) >= 11 is 0. The summed E-state index contributed by atoms with van der Waals surface area (Å²) in [6, 6.07) is 8.69. The van der Waals surface area contributed by atoms with Crippen LogP contribution in [0.3, 0.4) is 0 Å². The fourth-order valence-corrected chi connectivity index (χ4v) is 1.47. The zero-order chi connectivity index (χ0) is 12.3. The summed E-state index contributed by atoms with van der Waals surface area (Å²) in [5, 5.41) is 2.80. The third kappa shape index (κ3) is 2.60.